The standard InChI is InChI=1S/C16H12N4O5S2/c21-15(18-16-17-6-7-26-16)11-8-13(20(22)23)10-14(9-11)27(24,25)19-12-4-2-1-3-5-12/h1-10,19H,(H,17,18,21). The van der Waals surface area contributed by atoms with Gasteiger partial charge in [0.25, 0.3) is 21.6 Å². The van der Waals surface area contributed by atoms with Crippen LogP contribution in [-0.4, -0.2) is 24.2 Å². The number of nitro benzene ring substituents is 1. The number of hydrogen-bond acceptors (Lipinski definition) is 7. The summed E-state index contributed by atoms with van der Waals surface area (Å²) in [6, 6.07) is 11.0. The molecule has 1 heterocycles. The number of anilines is 2. The highest BCUT2D eigenvalue weighted by molar-refractivity contribution is 7.92. The van der Waals surface area contributed by atoms with Crippen molar-refractivity contribution in [1.82, 2.24) is 4.98 Å². The summed E-state index contributed by atoms with van der Waals surface area (Å²) in [7, 11) is -4.13. The van der Waals surface area contributed by atoms with Crippen molar-refractivity contribution in [2.75, 3.05) is 10.0 Å². The number of sulfonamides is 1. The molecule has 0 aliphatic carbocycles. The van der Waals surface area contributed by atoms with E-state index in [0.29, 0.717) is 5.13 Å². The SMILES string of the molecule is O=C(Nc1nccs1)c1cc([N+](=O)[O-])cc(S(=O)(=O)Nc2ccccc2)c1. The maximum absolute atomic E-state index is 12.6. The number of rotatable bonds is 6. The molecule has 0 radical (unpaired) electrons. The number of hydrogen-bond donors (Lipinski definition) is 2. The minimum atomic E-state index is -4.13. The van der Waals surface area contributed by atoms with Crippen molar-refractivity contribution < 1.29 is 18.1 Å². The van der Waals surface area contributed by atoms with E-state index in [0.717, 1.165) is 29.5 Å². The molecule has 1 amide bonds. The average Bonchev–Trinajstić information content (AvgIpc) is 3.14. The van der Waals surface area contributed by atoms with Gasteiger partial charge in [0.15, 0.2) is 5.13 Å². The van der Waals surface area contributed by atoms with Crippen molar-refractivity contribution in [1.29, 1.82) is 0 Å². The van der Waals surface area contributed by atoms with Crippen LogP contribution in [0.5, 0.6) is 0 Å². The van der Waals surface area contributed by atoms with E-state index in [1.807, 2.05) is 0 Å². The summed E-state index contributed by atoms with van der Waals surface area (Å²) >= 11 is 1.16. The van der Waals surface area contributed by atoms with Crippen LogP contribution in [0.2, 0.25) is 0 Å². The van der Waals surface area contributed by atoms with Gasteiger partial charge in [-0.25, -0.2) is 13.4 Å². The van der Waals surface area contributed by atoms with E-state index in [9.17, 15) is 23.3 Å². The lowest BCUT2D eigenvalue weighted by molar-refractivity contribution is -0.385. The van der Waals surface area contributed by atoms with E-state index in [1.165, 1.54) is 18.3 Å². The van der Waals surface area contributed by atoms with Crippen LogP contribution in [0, 0.1) is 10.1 Å². The second kappa shape index (κ2) is 7.51. The smallest absolute Gasteiger partial charge is 0.271 e. The summed E-state index contributed by atoms with van der Waals surface area (Å²) in [4.78, 5) is 26.2. The van der Waals surface area contributed by atoms with Crippen molar-refractivity contribution in [2.24, 2.45) is 0 Å². The summed E-state index contributed by atoms with van der Waals surface area (Å²) in [5.41, 5.74) is -0.402. The summed E-state index contributed by atoms with van der Waals surface area (Å²) in [5, 5.41) is 15.6. The van der Waals surface area contributed by atoms with Crippen LogP contribution in [0.25, 0.3) is 0 Å². The van der Waals surface area contributed by atoms with E-state index in [-0.39, 0.29) is 11.3 Å². The van der Waals surface area contributed by atoms with Gasteiger partial charge in [0.05, 0.1) is 9.82 Å². The number of carbonyl (C=O) groups is 1. The van der Waals surface area contributed by atoms with Gasteiger partial charge in [0.1, 0.15) is 0 Å². The lowest BCUT2D eigenvalue weighted by Gasteiger charge is -2.09. The van der Waals surface area contributed by atoms with E-state index < -0.39 is 31.4 Å². The first-order valence-electron chi connectivity index (χ1n) is 7.43. The molecule has 9 nitrogen and oxygen atoms in total. The zero-order valence-corrected chi connectivity index (χ0v) is 15.2. The molecule has 0 spiro atoms. The molecule has 3 aromatic rings. The number of nitrogens with zero attached hydrogens (tertiary/aromatic N) is 2. The zero-order chi connectivity index (χ0) is 19.4. The van der Waals surface area contributed by atoms with Crippen molar-refractivity contribution >= 4 is 43.8 Å². The number of thiazole rings is 1. The molecule has 1 aromatic heterocycles. The fraction of sp³-hybridized carbons (Fsp3) is 0. The number of carbonyl (C=O) groups excluding carboxylic acids is 1. The normalized spacial score (nSPS) is 11.0. The predicted molar refractivity (Wildman–Crippen MR) is 100 cm³/mol. The molecule has 0 aliphatic heterocycles. The first kappa shape index (κ1) is 18.5. The molecule has 3 rings (SSSR count). The van der Waals surface area contributed by atoms with Crippen LogP contribution < -0.4 is 10.0 Å². The molecular weight excluding hydrogens is 392 g/mol. The average molecular weight is 404 g/mol. The first-order chi connectivity index (χ1) is 12.8. The van der Waals surface area contributed by atoms with Crippen LogP contribution in [0.4, 0.5) is 16.5 Å². The highest BCUT2D eigenvalue weighted by Crippen LogP contribution is 2.24. The Morgan fingerprint density at radius 3 is 2.52 bits per heavy atom. The molecule has 2 N–H and O–H groups in total. The van der Waals surface area contributed by atoms with Crippen molar-refractivity contribution in [2.45, 2.75) is 4.90 Å². The summed E-state index contributed by atoms with van der Waals surface area (Å²) in [6.45, 7) is 0. The van der Waals surface area contributed by atoms with Crippen molar-refractivity contribution in [3.8, 4) is 0 Å². The molecule has 0 saturated heterocycles. The van der Waals surface area contributed by atoms with Crippen LogP contribution in [0.15, 0.2) is 65.0 Å². The second-order valence-electron chi connectivity index (χ2n) is 5.24. The summed E-state index contributed by atoms with van der Waals surface area (Å²) in [6.07, 6.45) is 1.48. The van der Waals surface area contributed by atoms with Gasteiger partial charge in [-0.15, -0.1) is 11.3 Å². The maximum Gasteiger partial charge on any atom is 0.271 e. The van der Waals surface area contributed by atoms with E-state index >= 15 is 0 Å². The quantitative estimate of drug-likeness (QED) is 0.479. The third-order valence-corrected chi connectivity index (χ3v) is 5.40. The largest absolute Gasteiger partial charge is 0.298 e. The summed E-state index contributed by atoms with van der Waals surface area (Å²) in [5.74, 6) is -0.704. The molecule has 0 bridgehead atoms. The Morgan fingerprint density at radius 1 is 1.15 bits per heavy atom. The molecule has 2 aromatic carbocycles. The predicted octanol–water partition coefficient (Wildman–Crippen LogP) is 3.10. The van der Waals surface area contributed by atoms with E-state index in [1.54, 1.807) is 23.6 Å². The number of benzene rings is 2. The van der Waals surface area contributed by atoms with Crippen molar-refractivity contribution in [3.05, 3.63) is 75.8 Å². The molecule has 11 heteroatoms. The van der Waals surface area contributed by atoms with Gasteiger partial charge in [0, 0.05) is 35.0 Å². The van der Waals surface area contributed by atoms with Gasteiger partial charge in [-0.05, 0) is 18.2 Å². The number of non-ortho nitro benzene ring substituents is 1. The lowest BCUT2D eigenvalue weighted by Crippen LogP contribution is -2.16. The summed E-state index contributed by atoms with van der Waals surface area (Å²) < 4.78 is 27.5. The Bertz CT molecular complexity index is 1080. The van der Waals surface area contributed by atoms with Gasteiger partial charge in [-0.2, -0.15) is 0 Å². The number of amides is 1. The third-order valence-electron chi connectivity index (χ3n) is 3.35. The topological polar surface area (TPSA) is 131 Å². The minimum Gasteiger partial charge on any atom is -0.298 e. The van der Waals surface area contributed by atoms with Gasteiger partial charge in [-0.3, -0.25) is 24.9 Å². The van der Waals surface area contributed by atoms with Crippen molar-refractivity contribution in [3.63, 3.8) is 0 Å². The zero-order valence-electron chi connectivity index (χ0n) is 13.5. The molecule has 27 heavy (non-hydrogen) atoms. The molecule has 0 fully saturated rings. The fourth-order valence-electron chi connectivity index (χ4n) is 2.15. The highest BCUT2D eigenvalue weighted by Gasteiger charge is 2.22. The third kappa shape index (κ3) is 4.46. The van der Waals surface area contributed by atoms with Crippen LogP contribution in [0.3, 0.4) is 0 Å². The number of para-hydroxylation sites is 1. The number of nitro groups is 1. The maximum atomic E-state index is 12.6. The minimum absolute atomic E-state index is 0.173. The highest BCUT2D eigenvalue weighted by atomic mass is 32.2. The first-order valence-corrected chi connectivity index (χ1v) is 9.79. The van der Waals surface area contributed by atoms with Crippen LogP contribution in [-0.2, 0) is 10.0 Å². The monoisotopic (exact) mass is 404 g/mol. The Labute approximate surface area is 157 Å². The molecule has 0 unspecified atom stereocenters. The Hall–Kier alpha value is -3.31. The van der Waals surface area contributed by atoms with Gasteiger partial charge in [0.2, 0.25) is 0 Å². The molecule has 0 saturated carbocycles. The van der Waals surface area contributed by atoms with Crippen LogP contribution in [0.1, 0.15) is 10.4 Å². The Morgan fingerprint density at radius 2 is 1.89 bits per heavy atom. The Balaban J connectivity index is 1.98. The van der Waals surface area contributed by atoms with Gasteiger partial charge >= 0.3 is 0 Å². The fourth-order valence-corrected chi connectivity index (χ4v) is 3.80. The molecular formula is C16H12N4O5S2. The van der Waals surface area contributed by atoms with E-state index in [4.69, 9.17) is 0 Å². The van der Waals surface area contributed by atoms with E-state index in [2.05, 4.69) is 15.0 Å². The number of nitrogens with one attached hydrogen (secondary N) is 2. The lowest BCUT2D eigenvalue weighted by atomic mass is 10.2. The molecule has 138 valence electrons. The Kier molecular flexibility index (Phi) is 5.14. The second-order valence-corrected chi connectivity index (χ2v) is 7.81. The van der Waals surface area contributed by atoms with Crippen LogP contribution >= 0.6 is 11.3 Å². The molecule has 0 aliphatic rings. The number of aromatic nitrogens is 1. The van der Waals surface area contributed by atoms with Gasteiger partial charge < -0.3 is 0 Å². The van der Waals surface area contributed by atoms with Gasteiger partial charge in [-0.1, -0.05) is 18.2 Å². The molecule has 0 atom stereocenters.